The van der Waals surface area contributed by atoms with E-state index < -0.39 is 0 Å². The van der Waals surface area contributed by atoms with Crippen LogP contribution in [0.25, 0.3) is 11.0 Å². The van der Waals surface area contributed by atoms with Crippen LogP contribution in [0.15, 0.2) is 18.2 Å². The lowest BCUT2D eigenvalue weighted by molar-refractivity contribution is 0.187. The van der Waals surface area contributed by atoms with Crippen molar-refractivity contribution in [1.82, 2.24) is 9.55 Å². The first-order valence-corrected chi connectivity index (χ1v) is 4.93. The molecule has 1 heterocycles. The predicted molar refractivity (Wildman–Crippen MR) is 60.8 cm³/mol. The van der Waals surface area contributed by atoms with Gasteiger partial charge in [0, 0.05) is 19.3 Å². The van der Waals surface area contributed by atoms with E-state index in [4.69, 9.17) is 10.5 Å². The molecule has 1 aromatic heterocycles. The number of fused-ring (bicyclic) bond motifs is 1. The Labute approximate surface area is 88.7 Å². The lowest BCUT2D eigenvalue weighted by Gasteiger charge is -2.05. The highest BCUT2D eigenvalue weighted by Gasteiger charge is 2.06. The molecule has 0 radical (unpaired) electrons. The lowest BCUT2D eigenvalue weighted by Crippen LogP contribution is -2.05. The van der Waals surface area contributed by atoms with Crippen LogP contribution >= 0.6 is 0 Å². The van der Waals surface area contributed by atoms with Crippen LogP contribution in [0.1, 0.15) is 5.82 Å². The maximum absolute atomic E-state index is 5.71. The van der Waals surface area contributed by atoms with Crippen molar-refractivity contribution in [1.29, 1.82) is 0 Å². The number of imidazole rings is 1. The molecule has 0 atom stereocenters. The van der Waals surface area contributed by atoms with E-state index in [0.29, 0.717) is 6.61 Å². The van der Waals surface area contributed by atoms with Crippen LogP contribution < -0.4 is 5.73 Å². The van der Waals surface area contributed by atoms with Crippen LogP contribution in [0.5, 0.6) is 0 Å². The molecule has 0 saturated heterocycles. The highest BCUT2D eigenvalue weighted by molar-refractivity contribution is 5.79. The summed E-state index contributed by atoms with van der Waals surface area (Å²) in [4.78, 5) is 4.45. The molecule has 2 aromatic rings. The van der Waals surface area contributed by atoms with Crippen molar-refractivity contribution in [3.05, 3.63) is 24.0 Å². The zero-order valence-corrected chi connectivity index (χ0v) is 9.03. The van der Waals surface area contributed by atoms with Gasteiger partial charge < -0.3 is 15.0 Å². The predicted octanol–water partition coefficient (Wildman–Crippen LogP) is 1.57. The normalized spacial score (nSPS) is 11.1. The molecule has 0 aliphatic rings. The summed E-state index contributed by atoms with van der Waals surface area (Å²) in [6, 6.07) is 5.79. The van der Waals surface area contributed by atoms with E-state index in [-0.39, 0.29) is 0 Å². The van der Waals surface area contributed by atoms with Gasteiger partial charge in [-0.1, -0.05) is 0 Å². The number of ether oxygens (including phenoxy) is 1. The average Bonchev–Trinajstić information content (AvgIpc) is 2.50. The first-order chi connectivity index (χ1) is 7.22. The standard InChI is InChI=1S/C11H15N3O/c1-8-13-10-7-9(12)3-4-11(10)14(8)5-6-15-2/h3-4,7H,5-6,12H2,1-2H3. The van der Waals surface area contributed by atoms with E-state index in [1.165, 1.54) is 0 Å². The van der Waals surface area contributed by atoms with E-state index >= 15 is 0 Å². The number of methoxy groups -OCH3 is 1. The van der Waals surface area contributed by atoms with Crippen molar-refractivity contribution in [3.8, 4) is 0 Å². The van der Waals surface area contributed by atoms with Gasteiger partial charge in [-0.3, -0.25) is 0 Å². The van der Waals surface area contributed by atoms with E-state index in [2.05, 4.69) is 9.55 Å². The van der Waals surface area contributed by atoms with Crippen molar-refractivity contribution in [2.24, 2.45) is 0 Å². The van der Waals surface area contributed by atoms with Gasteiger partial charge in [-0.05, 0) is 25.1 Å². The Morgan fingerprint density at radius 2 is 2.27 bits per heavy atom. The summed E-state index contributed by atoms with van der Waals surface area (Å²) in [6.45, 7) is 3.51. The molecule has 0 spiro atoms. The van der Waals surface area contributed by atoms with Gasteiger partial charge in [0.25, 0.3) is 0 Å². The molecule has 80 valence electrons. The van der Waals surface area contributed by atoms with Crippen LogP contribution in [0, 0.1) is 6.92 Å². The molecule has 4 heteroatoms. The molecule has 4 nitrogen and oxygen atoms in total. The van der Waals surface area contributed by atoms with Crippen LogP contribution in [0.3, 0.4) is 0 Å². The van der Waals surface area contributed by atoms with E-state index in [1.807, 2.05) is 25.1 Å². The summed E-state index contributed by atoms with van der Waals surface area (Å²) < 4.78 is 7.21. The number of rotatable bonds is 3. The van der Waals surface area contributed by atoms with Crippen LogP contribution in [-0.4, -0.2) is 23.3 Å². The van der Waals surface area contributed by atoms with Gasteiger partial charge in [0.1, 0.15) is 5.82 Å². The second-order valence-electron chi connectivity index (χ2n) is 3.55. The Morgan fingerprint density at radius 1 is 1.47 bits per heavy atom. The molecule has 0 aliphatic carbocycles. The van der Waals surface area contributed by atoms with Crippen LogP contribution in [-0.2, 0) is 11.3 Å². The molecule has 0 unspecified atom stereocenters. The summed E-state index contributed by atoms with van der Waals surface area (Å²) >= 11 is 0. The molecule has 0 fully saturated rings. The number of nitrogen functional groups attached to an aromatic ring is 1. The summed E-state index contributed by atoms with van der Waals surface area (Å²) in [5.74, 6) is 0.993. The Kier molecular flexibility index (Phi) is 2.60. The molecular formula is C11H15N3O. The molecular weight excluding hydrogens is 190 g/mol. The maximum Gasteiger partial charge on any atom is 0.106 e. The summed E-state index contributed by atoms with van der Waals surface area (Å²) in [5, 5.41) is 0. The monoisotopic (exact) mass is 205 g/mol. The molecule has 2 rings (SSSR count). The van der Waals surface area contributed by atoms with Gasteiger partial charge in [-0.15, -0.1) is 0 Å². The zero-order valence-electron chi connectivity index (χ0n) is 9.03. The van der Waals surface area contributed by atoms with Gasteiger partial charge in [0.15, 0.2) is 0 Å². The minimum Gasteiger partial charge on any atom is -0.399 e. The molecule has 0 saturated carbocycles. The van der Waals surface area contributed by atoms with E-state index in [1.54, 1.807) is 7.11 Å². The van der Waals surface area contributed by atoms with Gasteiger partial charge in [0.05, 0.1) is 17.6 Å². The fourth-order valence-electron chi connectivity index (χ4n) is 1.73. The average molecular weight is 205 g/mol. The summed E-state index contributed by atoms with van der Waals surface area (Å²) in [5.41, 5.74) is 8.52. The first kappa shape index (κ1) is 9.98. The van der Waals surface area contributed by atoms with E-state index in [0.717, 1.165) is 29.1 Å². The van der Waals surface area contributed by atoms with Gasteiger partial charge in [-0.25, -0.2) is 4.98 Å². The number of aromatic nitrogens is 2. The maximum atomic E-state index is 5.71. The molecule has 0 bridgehead atoms. The Balaban J connectivity index is 2.48. The highest BCUT2D eigenvalue weighted by Crippen LogP contribution is 2.18. The van der Waals surface area contributed by atoms with Crippen molar-refractivity contribution < 1.29 is 4.74 Å². The number of benzene rings is 1. The minimum absolute atomic E-state index is 0.691. The first-order valence-electron chi connectivity index (χ1n) is 4.93. The van der Waals surface area contributed by atoms with Crippen molar-refractivity contribution >= 4 is 16.7 Å². The van der Waals surface area contributed by atoms with E-state index in [9.17, 15) is 0 Å². The molecule has 2 N–H and O–H groups in total. The third-order valence-corrected chi connectivity index (χ3v) is 2.48. The highest BCUT2D eigenvalue weighted by atomic mass is 16.5. The van der Waals surface area contributed by atoms with Crippen LogP contribution in [0.2, 0.25) is 0 Å². The van der Waals surface area contributed by atoms with Gasteiger partial charge >= 0.3 is 0 Å². The third-order valence-electron chi connectivity index (χ3n) is 2.48. The SMILES string of the molecule is COCCn1c(C)nc2cc(N)ccc21. The van der Waals surface area contributed by atoms with Gasteiger partial charge in [-0.2, -0.15) is 0 Å². The van der Waals surface area contributed by atoms with Gasteiger partial charge in [0.2, 0.25) is 0 Å². The fourth-order valence-corrected chi connectivity index (χ4v) is 1.73. The number of nitrogens with zero attached hydrogens (tertiary/aromatic N) is 2. The Bertz CT molecular complexity index is 476. The summed E-state index contributed by atoms with van der Waals surface area (Å²) in [7, 11) is 1.70. The molecule has 0 amide bonds. The quantitative estimate of drug-likeness (QED) is 0.774. The third kappa shape index (κ3) is 1.80. The zero-order chi connectivity index (χ0) is 10.8. The number of hydrogen-bond donors (Lipinski definition) is 1. The van der Waals surface area contributed by atoms with Crippen LogP contribution in [0.4, 0.5) is 5.69 Å². The number of hydrogen-bond acceptors (Lipinski definition) is 3. The second-order valence-corrected chi connectivity index (χ2v) is 3.55. The Morgan fingerprint density at radius 3 is 3.00 bits per heavy atom. The number of nitrogens with two attached hydrogens (primary N) is 1. The van der Waals surface area contributed by atoms with Crippen molar-refractivity contribution in [2.45, 2.75) is 13.5 Å². The number of aryl methyl sites for hydroxylation is 1. The lowest BCUT2D eigenvalue weighted by atomic mass is 10.3. The number of anilines is 1. The molecule has 0 aliphatic heterocycles. The fraction of sp³-hybridized carbons (Fsp3) is 0.364. The largest absolute Gasteiger partial charge is 0.399 e. The molecule has 1 aromatic carbocycles. The Hall–Kier alpha value is -1.55. The molecule has 15 heavy (non-hydrogen) atoms. The smallest absolute Gasteiger partial charge is 0.106 e. The van der Waals surface area contributed by atoms with Crippen molar-refractivity contribution in [3.63, 3.8) is 0 Å². The second kappa shape index (κ2) is 3.90. The summed E-state index contributed by atoms with van der Waals surface area (Å²) in [6.07, 6.45) is 0. The minimum atomic E-state index is 0.691. The van der Waals surface area contributed by atoms with Crippen molar-refractivity contribution in [2.75, 3.05) is 19.5 Å². The topological polar surface area (TPSA) is 53.1 Å².